The van der Waals surface area contributed by atoms with E-state index in [2.05, 4.69) is 27.9 Å². The molecular weight excluding hydrogens is 347 g/mol. The molecule has 5 nitrogen and oxygen atoms in total. The van der Waals surface area contributed by atoms with Crippen molar-refractivity contribution < 1.29 is 9.34 Å². The molecule has 0 unspecified atom stereocenters. The second kappa shape index (κ2) is 5.38. The van der Waals surface area contributed by atoms with Crippen LogP contribution in [0.5, 0.6) is 0 Å². The maximum absolute atomic E-state index is 10.9. The van der Waals surface area contributed by atoms with Crippen molar-refractivity contribution in [1.29, 1.82) is 0 Å². The topological polar surface area (TPSA) is 68.3 Å². The standard InChI is InChI=1S/C12H11IN2O3/c1-8-2-4-10(11(6-8)15(16)17)14-7-9-3-5-12(13)18-9/h2-6,14H,7H2,1H3. The van der Waals surface area contributed by atoms with Gasteiger partial charge in [-0.05, 0) is 53.3 Å². The molecule has 0 aliphatic carbocycles. The first-order chi connectivity index (χ1) is 8.56. The number of hydrogen-bond acceptors (Lipinski definition) is 4. The quantitative estimate of drug-likeness (QED) is 0.514. The smallest absolute Gasteiger partial charge is 0.292 e. The number of nitrogens with zero attached hydrogens (tertiary/aromatic N) is 1. The first-order valence-corrected chi connectivity index (χ1v) is 6.37. The summed E-state index contributed by atoms with van der Waals surface area (Å²) in [6.45, 7) is 2.25. The van der Waals surface area contributed by atoms with Gasteiger partial charge in [-0.15, -0.1) is 0 Å². The summed E-state index contributed by atoms with van der Waals surface area (Å²) in [5.41, 5.74) is 1.44. The average Bonchev–Trinajstić information content (AvgIpc) is 2.73. The molecule has 0 aliphatic heterocycles. The molecule has 1 N–H and O–H groups in total. The van der Waals surface area contributed by atoms with Crippen LogP contribution < -0.4 is 5.32 Å². The van der Waals surface area contributed by atoms with Crippen LogP contribution in [0.3, 0.4) is 0 Å². The fourth-order valence-corrected chi connectivity index (χ4v) is 2.03. The molecule has 0 aliphatic rings. The number of furan rings is 1. The second-order valence-electron chi connectivity index (χ2n) is 3.84. The van der Waals surface area contributed by atoms with Gasteiger partial charge in [-0.25, -0.2) is 0 Å². The van der Waals surface area contributed by atoms with Gasteiger partial charge in [0.2, 0.25) is 0 Å². The zero-order valence-electron chi connectivity index (χ0n) is 9.64. The molecule has 94 valence electrons. The van der Waals surface area contributed by atoms with Crippen LogP contribution >= 0.6 is 22.6 Å². The van der Waals surface area contributed by atoms with Gasteiger partial charge in [-0.2, -0.15) is 0 Å². The van der Waals surface area contributed by atoms with E-state index < -0.39 is 0 Å². The molecular formula is C12H11IN2O3. The summed E-state index contributed by atoms with van der Waals surface area (Å²) in [5, 5.41) is 13.9. The van der Waals surface area contributed by atoms with E-state index in [4.69, 9.17) is 4.42 Å². The Balaban J connectivity index is 2.16. The highest BCUT2D eigenvalue weighted by atomic mass is 127. The zero-order valence-corrected chi connectivity index (χ0v) is 11.8. The number of nitrogens with one attached hydrogen (secondary N) is 1. The Kier molecular flexibility index (Phi) is 3.85. The van der Waals surface area contributed by atoms with Crippen molar-refractivity contribution in [1.82, 2.24) is 0 Å². The first kappa shape index (κ1) is 12.9. The normalized spacial score (nSPS) is 10.3. The molecule has 0 saturated heterocycles. The van der Waals surface area contributed by atoms with Crippen LogP contribution in [-0.2, 0) is 6.54 Å². The average molecular weight is 358 g/mol. The Morgan fingerprint density at radius 1 is 1.39 bits per heavy atom. The Hall–Kier alpha value is -1.57. The van der Waals surface area contributed by atoms with Gasteiger partial charge < -0.3 is 9.73 Å². The molecule has 2 rings (SSSR count). The van der Waals surface area contributed by atoms with E-state index in [1.807, 2.05) is 25.1 Å². The van der Waals surface area contributed by atoms with E-state index in [1.165, 1.54) is 0 Å². The summed E-state index contributed by atoms with van der Waals surface area (Å²) in [6, 6.07) is 8.78. The Labute approximate surface area is 117 Å². The SMILES string of the molecule is Cc1ccc(NCc2ccc(I)o2)c([N+](=O)[O-])c1. The van der Waals surface area contributed by atoms with E-state index in [0.717, 1.165) is 15.1 Å². The van der Waals surface area contributed by atoms with Gasteiger partial charge in [0.25, 0.3) is 5.69 Å². The van der Waals surface area contributed by atoms with Crippen LogP contribution in [0, 0.1) is 20.8 Å². The number of benzene rings is 1. The Morgan fingerprint density at radius 3 is 2.78 bits per heavy atom. The van der Waals surface area contributed by atoms with Crippen molar-refractivity contribution in [2.24, 2.45) is 0 Å². The minimum absolute atomic E-state index is 0.0799. The van der Waals surface area contributed by atoms with E-state index in [0.29, 0.717) is 12.2 Å². The third kappa shape index (κ3) is 3.00. The van der Waals surface area contributed by atoms with Crippen molar-refractivity contribution in [3.05, 3.63) is 55.5 Å². The number of nitro groups is 1. The number of halogens is 1. The minimum Gasteiger partial charge on any atom is -0.454 e. The van der Waals surface area contributed by atoms with Crippen LogP contribution in [-0.4, -0.2) is 4.92 Å². The van der Waals surface area contributed by atoms with E-state index in [-0.39, 0.29) is 10.6 Å². The summed E-state index contributed by atoms with van der Waals surface area (Å²) in [4.78, 5) is 10.5. The zero-order chi connectivity index (χ0) is 13.1. The Morgan fingerprint density at radius 2 is 2.17 bits per heavy atom. The highest BCUT2D eigenvalue weighted by molar-refractivity contribution is 14.1. The molecule has 0 saturated carbocycles. The van der Waals surface area contributed by atoms with Gasteiger partial charge in [0, 0.05) is 6.07 Å². The van der Waals surface area contributed by atoms with Gasteiger partial charge in [0.15, 0.2) is 3.77 Å². The number of rotatable bonds is 4. The van der Waals surface area contributed by atoms with Crippen molar-refractivity contribution in [3.63, 3.8) is 0 Å². The predicted octanol–water partition coefficient (Wildman–Crippen LogP) is 3.71. The summed E-state index contributed by atoms with van der Waals surface area (Å²) in [7, 11) is 0. The molecule has 0 spiro atoms. The maximum atomic E-state index is 10.9. The van der Waals surface area contributed by atoms with E-state index in [1.54, 1.807) is 12.1 Å². The highest BCUT2D eigenvalue weighted by Gasteiger charge is 2.13. The minimum atomic E-state index is -0.388. The van der Waals surface area contributed by atoms with E-state index >= 15 is 0 Å². The maximum Gasteiger partial charge on any atom is 0.292 e. The van der Waals surface area contributed by atoms with Gasteiger partial charge >= 0.3 is 0 Å². The van der Waals surface area contributed by atoms with Gasteiger partial charge in [0.05, 0.1) is 11.5 Å². The third-order valence-corrected chi connectivity index (χ3v) is 3.01. The van der Waals surface area contributed by atoms with Crippen LogP contribution in [0.4, 0.5) is 11.4 Å². The lowest BCUT2D eigenvalue weighted by Crippen LogP contribution is -2.02. The lowest BCUT2D eigenvalue weighted by Gasteiger charge is -2.06. The number of nitro benzene ring substituents is 1. The molecule has 0 radical (unpaired) electrons. The molecule has 1 aromatic carbocycles. The third-order valence-electron chi connectivity index (χ3n) is 2.43. The lowest BCUT2D eigenvalue weighted by molar-refractivity contribution is -0.384. The van der Waals surface area contributed by atoms with Crippen molar-refractivity contribution >= 4 is 34.0 Å². The van der Waals surface area contributed by atoms with Gasteiger partial charge in [-0.3, -0.25) is 10.1 Å². The van der Waals surface area contributed by atoms with Gasteiger partial charge in [-0.1, -0.05) is 6.07 Å². The van der Waals surface area contributed by atoms with Crippen molar-refractivity contribution in [2.75, 3.05) is 5.32 Å². The number of anilines is 1. The monoisotopic (exact) mass is 358 g/mol. The van der Waals surface area contributed by atoms with Crippen LogP contribution in [0.2, 0.25) is 0 Å². The van der Waals surface area contributed by atoms with Crippen LogP contribution in [0.1, 0.15) is 11.3 Å². The van der Waals surface area contributed by atoms with Crippen LogP contribution in [0.25, 0.3) is 0 Å². The molecule has 2 aromatic rings. The highest BCUT2D eigenvalue weighted by Crippen LogP contribution is 2.26. The summed E-state index contributed by atoms with van der Waals surface area (Å²) < 4.78 is 6.18. The predicted molar refractivity (Wildman–Crippen MR) is 76.6 cm³/mol. The largest absolute Gasteiger partial charge is 0.454 e. The summed E-state index contributed by atoms with van der Waals surface area (Å²) in [6.07, 6.45) is 0. The number of hydrogen-bond donors (Lipinski definition) is 1. The first-order valence-electron chi connectivity index (χ1n) is 5.29. The summed E-state index contributed by atoms with van der Waals surface area (Å²) >= 11 is 2.07. The molecule has 6 heteroatoms. The molecule has 18 heavy (non-hydrogen) atoms. The second-order valence-corrected chi connectivity index (χ2v) is 4.90. The molecule has 0 amide bonds. The molecule has 1 heterocycles. The van der Waals surface area contributed by atoms with E-state index in [9.17, 15) is 10.1 Å². The summed E-state index contributed by atoms with van der Waals surface area (Å²) in [5.74, 6) is 0.745. The van der Waals surface area contributed by atoms with Crippen LogP contribution in [0.15, 0.2) is 34.7 Å². The lowest BCUT2D eigenvalue weighted by atomic mass is 10.2. The molecule has 0 fully saturated rings. The van der Waals surface area contributed by atoms with Gasteiger partial charge in [0.1, 0.15) is 11.4 Å². The number of aryl methyl sites for hydroxylation is 1. The van der Waals surface area contributed by atoms with Crippen molar-refractivity contribution in [3.8, 4) is 0 Å². The fourth-order valence-electron chi connectivity index (χ4n) is 1.57. The molecule has 1 aromatic heterocycles. The Bertz CT molecular complexity index is 580. The molecule has 0 bridgehead atoms. The van der Waals surface area contributed by atoms with Crippen molar-refractivity contribution in [2.45, 2.75) is 13.5 Å². The fraction of sp³-hybridized carbons (Fsp3) is 0.167. The molecule has 0 atom stereocenters.